The summed E-state index contributed by atoms with van der Waals surface area (Å²) in [6, 6.07) is 12.2. The molecule has 1 N–H and O–H groups in total. The van der Waals surface area contributed by atoms with E-state index in [0.717, 1.165) is 0 Å². The van der Waals surface area contributed by atoms with Crippen LogP contribution in [0.25, 0.3) is 0 Å². The van der Waals surface area contributed by atoms with Crippen LogP contribution in [0.5, 0.6) is 5.75 Å². The van der Waals surface area contributed by atoms with Crippen molar-refractivity contribution in [1.29, 1.82) is 0 Å². The van der Waals surface area contributed by atoms with E-state index in [-0.39, 0.29) is 36.7 Å². The maximum atomic E-state index is 14.4. The predicted molar refractivity (Wildman–Crippen MR) is 102 cm³/mol. The molecule has 0 aliphatic carbocycles. The molecule has 0 saturated carbocycles. The second kappa shape index (κ2) is 8.22. The van der Waals surface area contributed by atoms with E-state index in [9.17, 15) is 14.0 Å². The SMILES string of the molecule is O=C1CCn2cc(nn2)COc2ccccc2C(=O)CC(c2ccccc2F)N1. The van der Waals surface area contributed by atoms with Crippen molar-refractivity contribution in [3.05, 3.63) is 77.4 Å². The molecule has 3 aromatic rings. The first-order valence-corrected chi connectivity index (χ1v) is 9.28. The fourth-order valence-electron chi connectivity index (χ4n) is 3.26. The van der Waals surface area contributed by atoms with Crippen molar-refractivity contribution >= 4 is 11.7 Å². The number of nitrogens with one attached hydrogen (secondary N) is 1. The van der Waals surface area contributed by atoms with Gasteiger partial charge < -0.3 is 10.1 Å². The van der Waals surface area contributed by atoms with Gasteiger partial charge in [-0.05, 0) is 18.2 Å². The largest absolute Gasteiger partial charge is 0.486 e. The normalized spacial score (nSPS) is 17.6. The number of aromatic nitrogens is 3. The number of nitrogens with zero attached hydrogens (tertiary/aromatic N) is 3. The minimum atomic E-state index is -0.793. The molecule has 1 amide bonds. The Hall–Kier alpha value is -3.55. The molecule has 2 heterocycles. The highest BCUT2D eigenvalue weighted by Crippen LogP contribution is 2.26. The highest BCUT2D eigenvalue weighted by atomic mass is 19.1. The predicted octanol–water partition coefficient (Wildman–Crippen LogP) is 2.83. The summed E-state index contributed by atoms with van der Waals surface area (Å²) in [7, 11) is 0. The van der Waals surface area contributed by atoms with E-state index in [2.05, 4.69) is 15.6 Å². The first-order chi connectivity index (χ1) is 14.1. The Morgan fingerprint density at radius 2 is 1.90 bits per heavy atom. The highest BCUT2D eigenvalue weighted by Gasteiger charge is 2.24. The van der Waals surface area contributed by atoms with Crippen molar-refractivity contribution in [3.63, 3.8) is 0 Å². The Morgan fingerprint density at radius 1 is 1.10 bits per heavy atom. The van der Waals surface area contributed by atoms with Gasteiger partial charge in [-0.25, -0.2) is 4.39 Å². The van der Waals surface area contributed by atoms with Crippen LogP contribution in [0.2, 0.25) is 0 Å². The molecule has 2 aromatic carbocycles. The van der Waals surface area contributed by atoms with Gasteiger partial charge in [0.2, 0.25) is 5.91 Å². The molecule has 2 bridgehead atoms. The van der Waals surface area contributed by atoms with Gasteiger partial charge in [-0.2, -0.15) is 0 Å². The summed E-state index contributed by atoms with van der Waals surface area (Å²) < 4.78 is 21.7. The third kappa shape index (κ3) is 4.31. The molecule has 0 saturated heterocycles. The molecular weight excluding hydrogens is 375 g/mol. The first kappa shape index (κ1) is 18.8. The number of hydrogen-bond acceptors (Lipinski definition) is 5. The van der Waals surface area contributed by atoms with Gasteiger partial charge in [0, 0.05) is 18.4 Å². The number of ketones is 1. The number of para-hydroxylation sites is 1. The van der Waals surface area contributed by atoms with Crippen LogP contribution in [-0.2, 0) is 17.9 Å². The van der Waals surface area contributed by atoms with E-state index in [0.29, 0.717) is 23.6 Å². The zero-order valence-electron chi connectivity index (χ0n) is 15.5. The molecule has 4 rings (SSSR count). The number of Topliss-reactive ketones (excluding diaryl/α,β-unsaturated/α-hetero) is 1. The summed E-state index contributed by atoms with van der Waals surface area (Å²) in [5, 5.41) is 10.8. The monoisotopic (exact) mass is 394 g/mol. The lowest BCUT2D eigenvalue weighted by molar-refractivity contribution is -0.122. The van der Waals surface area contributed by atoms with Crippen molar-refractivity contribution in [2.45, 2.75) is 32.0 Å². The summed E-state index contributed by atoms with van der Waals surface area (Å²) >= 11 is 0. The molecule has 1 unspecified atom stereocenters. The minimum absolute atomic E-state index is 0.0891. The maximum absolute atomic E-state index is 14.4. The Bertz CT molecular complexity index is 1050. The number of rotatable bonds is 1. The lowest BCUT2D eigenvalue weighted by atomic mass is 9.96. The van der Waals surface area contributed by atoms with Crippen LogP contribution in [0.3, 0.4) is 0 Å². The molecule has 0 fully saturated rings. The number of carbonyl (C=O) groups is 2. The van der Waals surface area contributed by atoms with E-state index in [1.54, 1.807) is 53.3 Å². The molecule has 1 aliphatic heterocycles. The summed E-state index contributed by atoms with van der Waals surface area (Å²) in [6.07, 6.45) is 1.73. The summed E-state index contributed by atoms with van der Waals surface area (Å²) in [5.74, 6) is -0.626. The van der Waals surface area contributed by atoms with Gasteiger partial charge in [-0.1, -0.05) is 35.5 Å². The van der Waals surface area contributed by atoms with Gasteiger partial charge in [0.15, 0.2) is 5.78 Å². The quantitative estimate of drug-likeness (QED) is 0.686. The van der Waals surface area contributed by atoms with E-state index in [4.69, 9.17) is 4.74 Å². The third-order valence-electron chi connectivity index (χ3n) is 4.72. The van der Waals surface area contributed by atoms with E-state index < -0.39 is 11.9 Å². The zero-order valence-corrected chi connectivity index (χ0v) is 15.5. The molecule has 0 spiro atoms. The van der Waals surface area contributed by atoms with Crippen molar-refractivity contribution in [2.75, 3.05) is 0 Å². The lowest BCUT2D eigenvalue weighted by Crippen LogP contribution is -2.31. The van der Waals surface area contributed by atoms with E-state index >= 15 is 0 Å². The van der Waals surface area contributed by atoms with Crippen molar-refractivity contribution < 1.29 is 18.7 Å². The average Bonchev–Trinajstić information content (AvgIpc) is 3.18. The van der Waals surface area contributed by atoms with Crippen LogP contribution in [0.1, 0.15) is 40.5 Å². The Balaban J connectivity index is 1.71. The Kier molecular flexibility index (Phi) is 5.33. The molecule has 8 heteroatoms. The number of hydrogen-bond donors (Lipinski definition) is 1. The molecule has 29 heavy (non-hydrogen) atoms. The summed E-state index contributed by atoms with van der Waals surface area (Å²) in [5.41, 5.74) is 1.23. The molecule has 148 valence electrons. The number of carbonyl (C=O) groups excluding carboxylic acids is 2. The van der Waals surface area contributed by atoms with Crippen LogP contribution < -0.4 is 10.1 Å². The van der Waals surface area contributed by atoms with Crippen LogP contribution in [0.15, 0.2) is 54.7 Å². The smallest absolute Gasteiger partial charge is 0.222 e. The number of aryl methyl sites for hydroxylation is 1. The van der Waals surface area contributed by atoms with Gasteiger partial charge in [-0.3, -0.25) is 14.3 Å². The van der Waals surface area contributed by atoms with Gasteiger partial charge in [-0.15, -0.1) is 5.10 Å². The maximum Gasteiger partial charge on any atom is 0.222 e. The molecule has 0 radical (unpaired) electrons. The van der Waals surface area contributed by atoms with Crippen LogP contribution >= 0.6 is 0 Å². The Morgan fingerprint density at radius 3 is 2.76 bits per heavy atom. The molecule has 7 nitrogen and oxygen atoms in total. The zero-order chi connectivity index (χ0) is 20.2. The minimum Gasteiger partial charge on any atom is -0.486 e. The number of fused-ring (bicyclic) bond motifs is 3. The van der Waals surface area contributed by atoms with Gasteiger partial charge in [0.25, 0.3) is 0 Å². The third-order valence-corrected chi connectivity index (χ3v) is 4.72. The first-order valence-electron chi connectivity index (χ1n) is 9.28. The number of halogens is 1. The second-order valence-corrected chi connectivity index (χ2v) is 6.78. The van der Waals surface area contributed by atoms with Crippen molar-refractivity contribution in [3.8, 4) is 5.75 Å². The van der Waals surface area contributed by atoms with Gasteiger partial charge in [0.1, 0.15) is 23.9 Å². The highest BCUT2D eigenvalue weighted by molar-refractivity contribution is 5.99. The van der Waals surface area contributed by atoms with E-state index in [1.807, 2.05) is 0 Å². The summed E-state index contributed by atoms with van der Waals surface area (Å²) in [6.45, 7) is 0.459. The topological polar surface area (TPSA) is 86.1 Å². The Labute approximate surface area is 166 Å². The van der Waals surface area contributed by atoms with Crippen LogP contribution in [0.4, 0.5) is 4.39 Å². The van der Waals surface area contributed by atoms with Crippen LogP contribution in [-0.4, -0.2) is 26.7 Å². The van der Waals surface area contributed by atoms with Gasteiger partial charge >= 0.3 is 0 Å². The fraction of sp³-hybridized carbons (Fsp3) is 0.238. The number of ether oxygens (including phenoxy) is 1. The number of amides is 1. The lowest BCUT2D eigenvalue weighted by Gasteiger charge is -2.20. The molecule has 1 atom stereocenters. The number of benzene rings is 2. The molecular formula is C21H19FN4O3. The van der Waals surface area contributed by atoms with Gasteiger partial charge in [0.05, 0.1) is 24.3 Å². The summed E-state index contributed by atoms with van der Waals surface area (Å²) in [4.78, 5) is 25.5. The standard InChI is InChI=1S/C21H19FN4O3/c22-17-7-3-1-5-15(17)18-11-19(27)16-6-2-4-8-20(16)29-13-14-12-26(25-24-14)10-9-21(28)23-18/h1-8,12,18H,9-11,13H2,(H,23,28). The fourth-order valence-corrected chi connectivity index (χ4v) is 3.26. The second-order valence-electron chi connectivity index (χ2n) is 6.78. The average molecular weight is 394 g/mol. The van der Waals surface area contributed by atoms with E-state index in [1.165, 1.54) is 6.07 Å². The van der Waals surface area contributed by atoms with Crippen molar-refractivity contribution in [1.82, 2.24) is 20.3 Å². The molecule has 1 aliphatic rings. The van der Waals surface area contributed by atoms with Crippen molar-refractivity contribution in [2.24, 2.45) is 0 Å². The molecule has 1 aromatic heterocycles. The van der Waals surface area contributed by atoms with Crippen LogP contribution in [0, 0.1) is 5.82 Å².